The number of carbonyl (C=O) groups is 2. The number of amides is 2. The van der Waals surface area contributed by atoms with E-state index in [2.05, 4.69) is 5.32 Å². The molecule has 0 bridgehead atoms. The van der Waals surface area contributed by atoms with E-state index in [4.69, 9.17) is 0 Å². The molecule has 2 aromatic carbocycles. The number of sulfonamides is 1. The molecular formula is C26H36FN3O4S. The van der Waals surface area contributed by atoms with E-state index in [9.17, 15) is 22.4 Å². The summed E-state index contributed by atoms with van der Waals surface area (Å²) < 4.78 is 39.8. The second kappa shape index (κ2) is 12.7. The van der Waals surface area contributed by atoms with Crippen molar-refractivity contribution in [2.75, 3.05) is 23.7 Å². The van der Waals surface area contributed by atoms with Crippen molar-refractivity contribution >= 4 is 27.5 Å². The second-order valence-electron chi connectivity index (χ2n) is 8.75. The van der Waals surface area contributed by atoms with Crippen LogP contribution < -0.4 is 9.62 Å². The highest BCUT2D eigenvalue weighted by Crippen LogP contribution is 2.22. The van der Waals surface area contributed by atoms with Crippen molar-refractivity contribution in [2.45, 2.75) is 59.5 Å². The molecule has 0 heterocycles. The maximum absolute atomic E-state index is 13.6. The molecule has 9 heteroatoms. The van der Waals surface area contributed by atoms with Crippen LogP contribution in [-0.4, -0.2) is 50.5 Å². The van der Waals surface area contributed by atoms with Gasteiger partial charge in [0.05, 0.1) is 11.9 Å². The van der Waals surface area contributed by atoms with E-state index in [1.807, 2.05) is 20.8 Å². The molecule has 192 valence electrons. The normalized spacial score (nSPS) is 12.2. The maximum Gasteiger partial charge on any atom is 0.244 e. The molecule has 1 atom stereocenters. The zero-order chi connectivity index (χ0) is 26.2. The van der Waals surface area contributed by atoms with E-state index in [1.54, 1.807) is 37.3 Å². The number of nitrogens with one attached hydrogen (secondary N) is 1. The molecule has 0 fully saturated rings. The van der Waals surface area contributed by atoms with E-state index in [0.29, 0.717) is 24.2 Å². The summed E-state index contributed by atoms with van der Waals surface area (Å²) in [6.07, 6.45) is 3.11. The van der Waals surface area contributed by atoms with Gasteiger partial charge >= 0.3 is 0 Å². The van der Waals surface area contributed by atoms with Crippen molar-refractivity contribution in [3.05, 3.63) is 65.0 Å². The summed E-state index contributed by atoms with van der Waals surface area (Å²) in [5, 5.41) is 2.87. The van der Waals surface area contributed by atoms with Crippen molar-refractivity contribution in [2.24, 2.45) is 0 Å². The lowest BCUT2D eigenvalue weighted by atomic mass is 10.1. The van der Waals surface area contributed by atoms with E-state index >= 15 is 0 Å². The highest BCUT2D eigenvalue weighted by molar-refractivity contribution is 7.92. The lowest BCUT2D eigenvalue weighted by Gasteiger charge is -2.33. The van der Waals surface area contributed by atoms with Gasteiger partial charge in [0.15, 0.2) is 0 Å². The smallest absolute Gasteiger partial charge is 0.244 e. The van der Waals surface area contributed by atoms with Crippen LogP contribution in [0.1, 0.15) is 49.8 Å². The molecule has 0 radical (unpaired) electrons. The van der Waals surface area contributed by atoms with E-state index < -0.39 is 34.3 Å². The summed E-state index contributed by atoms with van der Waals surface area (Å²) in [6, 6.07) is 10.1. The number of rotatable bonds is 12. The summed E-state index contributed by atoms with van der Waals surface area (Å²) >= 11 is 0. The Morgan fingerprint density at radius 2 is 1.69 bits per heavy atom. The van der Waals surface area contributed by atoms with Crippen molar-refractivity contribution in [3.63, 3.8) is 0 Å². The van der Waals surface area contributed by atoms with Gasteiger partial charge < -0.3 is 10.2 Å². The van der Waals surface area contributed by atoms with E-state index in [1.165, 1.54) is 17.0 Å². The zero-order valence-electron chi connectivity index (χ0n) is 21.2. The van der Waals surface area contributed by atoms with E-state index in [0.717, 1.165) is 34.5 Å². The molecule has 0 saturated carbocycles. The number of hydrogen-bond donors (Lipinski definition) is 1. The van der Waals surface area contributed by atoms with Crippen LogP contribution in [0.15, 0.2) is 42.5 Å². The maximum atomic E-state index is 13.6. The molecule has 0 saturated heterocycles. The first-order valence-electron chi connectivity index (χ1n) is 11.8. The van der Waals surface area contributed by atoms with Crippen LogP contribution in [0.4, 0.5) is 10.1 Å². The highest BCUT2D eigenvalue weighted by Gasteiger charge is 2.31. The lowest BCUT2D eigenvalue weighted by Crippen LogP contribution is -2.52. The summed E-state index contributed by atoms with van der Waals surface area (Å²) in [6.45, 7) is 7.68. The Morgan fingerprint density at radius 1 is 1.03 bits per heavy atom. The molecule has 0 aliphatic heterocycles. The van der Waals surface area contributed by atoms with Crippen molar-refractivity contribution in [3.8, 4) is 0 Å². The largest absolute Gasteiger partial charge is 0.354 e. The average molecular weight is 506 g/mol. The van der Waals surface area contributed by atoms with Crippen LogP contribution in [0.25, 0.3) is 0 Å². The van der Waals surface area contributed by atoms with Crippen LogP contribution in [0.2, 0.25) is 0 Å². The first-order chi connectivity index (χ1) is 16.5. The van der Waals surface area contributed by atoms with Gasteiger partial charge in [-0.15, -0.1) is 0 Å². The van der Waals surface area contributed by atoms with Gasteiger partial charge in [0.2, 0.25) is 21.8 Å². The van der Waals surface area contributed by atoms with Crippen LogP contribution in [-0.2, 0) is 26.2 Å². The number of carbonyl (C=O) groups excluding carboxylic acids is 2. The summed E-state index contributed by atoms with van der Waals surface area (Å²) in [7, 11) is -3.79. The van der Waals surface area contributed by atoms with Crippen molar-refractivity contribution < 1.29 is 22.4 Å². The third-order valence-electron chi connectivity index (χ3n) is 5.94. The Kier molecular flexibility index (Phi) is 10.2. The average Bonchev–Trinajstić information content (AvgIpc) is 2.80. The Hall–Kier alpha value is -2.94. The minimum absolute atomic E-state index is 0.0450. The molecule has 7 nitrogen and oxygen atoms in total. The predicted molar refractivity (Wildman–Crippen MR) is 137 cm³/mol. The van der Waals surface area contributed by atoms with Gasteiger partial charge in [-0.25, -0.2) is 12.8 Å². The first kappa shape index (κ1) is 28.3. The molecule has 1 N–H and O–H groups in total. The molecule has 0 spiro atoms. The fourth-order valence-corrected chi connectivity index (χ4v) is 4.55. The minimum Gasteiger partial charge on any atom is -0.354 e. The quantitative estimate of drug-likeness (QED) is 0.443. The fourth-order valence-electron chi connectivity index (χ4n) is 3.71. The Balaban J connectivity index is 2.41. The standard InChI is InChI=1S/C26H36FN3O4S/c1-6-8-15-28-26(32)24(7-2)29(17-21-10-12-22(27)13-11-21)25(31)18-30(35(5,33)34)23-14-9-19(3)20(4)16-23/h9-14,16,24H,6-8,15,17-18H2,1-5H3,(H,28,32)/t24-/m1/s1. The molecule has 0 aromatic heterocycles. The summed E-state index contributed by atoms with van der Waals surface area (Å²) in [5.41, 5.74) is 2.91. The van der Waals surface area contributed by atoms with Gasteiger partial charge in [-0.05, 0) is 67.6 Å². The van der Waals surface area contributed by atoms with Gasteiger partial charge in [0.25, 0.3) is 0 Å². The first-order valence-corrected chi connectivity index (χ1v) is 13.7. The number of hydrogen-bond acceptors (Lipinski definition) is 4. The third-order valence-corrected chi connectivity index (χ3v) is 7.08. The van der Waals surface area contributed by atoms with Gasteiger partial charge in [0.1, 0.15) is 18.4 Å². The predicted octanol–water partition coefficient (Wildman–Crippen LogP) is 3.93. The van der Waals surface area contributed by atoms with Crippen LogP contribution >= 0.6 is 0 Å². The fraction of sp³-hybridized carbons (Fsp3) is 0.462. The van der Waals surface area contributed by atoms with E-state index in [-0.39, 0.29) is 12.5 Å². The Morgan fingerprint density at radius 3 is 2.23 bits per heavy atom. The Bertz CT molecular complexity index is 1120. The molecule has 0 aliphatic carbocycles. The lowest BCUT2D eigenvalue weighted by molar-refractivity contribution is -0.140. The molecule has 0 unspecified atom stereocenters. The highest BCUT2D eigenvalue weighted by atomic mass is 32.2. The number of benzene rings is 2. The topological polar surface area (TPSA) is 86.8 Å². The Labute approximate surface area is 208 Å². The van der Waals surface area contributed by atoms with Gasteiger partial charge in [0, 0.05) is 13.1 Å². The minimum atomic E-state index is -3.79. The zero-order valence-corrected chi connectivity index (χ0v) is 22.0. The van der Waals surface area contributed by atoms with Crippen LogP contribution in [0, 0.1) is 19.7 Å². The van der Waals surface area contributed by atoms with Crippen molar-refractivity contribution in [1.29, 1.82) is 0 Å². The molecule has 2 rings (SSSR count). The number of anilines is 1. The SMILES string of the molecule is CCCCNC(=O)[C@@H](CC)N(Cc1ccc(F)cc1)C(=O)CN(c1ccc(C)c(C)c1)S(C)(=O)=O. The number of aryl methyl sites for hydroxylation is 2. The van der Waals surface area contributed by atoms with Crippen LogP contribution in [0.3, 0.4) is 0 Å². The molecule has 0 aliphatic rings. The van der Waals surface area contributed by atoms with Gasteiger partial charge in [-0.2, -0.15) is 0 Å². The number of unbranched alkanes of at least 4 members (excludes halogenated alkanes) is 1. The van der Waals surface area contributed by atoms with Gasteiger partial charge in [-0.1, -0.05) is 38.5 Å². The molecule has 35 heavy (non-hydrogen) atoms. The summed E-state index contributed by atoms with van der Waals surface area (Å²) in [5.74, 6) is -1.22. The molecule has 2 amide bonds. The van der Waals surface area contributed by atoms with Crippen LogP contribution in [0.5, 0.6) is 0 Å². The molecular weight excluding hydrogens is 469 g/mol. The number of halogens is 1. The second-order valence-corrected chi connectivity index (χ2v) is 10.7. The van der Waals surface area contributed by atoms with Gasteiger partial charge in [-0.3, -0.25) is 13.9 Å². The molecule has 2 aromatic rings. The third kappa shape index (κ3) is 8.06. The monoisotopic (exact) mass is 505 g/mol. The number of nitrogens with zero attached hydrogens (tertiary/aromatic N) is 2. The summed E-state index contributed by atoms with van der Waals surface area (Å²) in [4.78, 5) is 28.0. The van der Waals surface area contributed by atoms with Crippen molar-refractivity contribution in [1.82, 2.24) is 10.2 Å².